The lowest BCUT2D eigenvalue weighted by Gasteiger charge is -2.27. The molecule has 1 unspecified atom stereocenters. The summed E-state index contributed by atoms with van der Waals surface area (Å²) in [6.07, 6.45) is 0.427. The second kappa shape index (κ2) is 12.0. The molecule has 186 valence electrons. The van der Waals surface area contributed by atoms with Crippen molar-refractivity contribution in [3.63, 3.8) is 0 Å². The van der Waals surface area contributed by atoms with E-state index in [4.69, 9.17) is 0 Å². The van der Waals surface area contributed by atoms with Crippen LogP contribution < -0.4 is 4.31 Å². The van der Waals surface area contributed by atoms with E-state index in [1.54, 1.807) is 18.2 Å². The van der Waals surface area contributed by atoms with Gasteiger partial charge in [0.05, 0.1) is 24.6 Å². The molecule has 0 saturated carbocycles. The summed E-state index contributed by atoms with van der Waals surface area (Å²) in [4.78, 5) is 2.21. The van der Waals surface area contributed by atoms with Gasteiger partial charge in [-0.2, -0.15) is 0 Å². The SMILES string of the molecule is CS(=O)(=O)N(Cc1ccccc1)c1cccc(C(O)CN(Cc2ccccc2)Cc2ccccc2)c1. The molecule has 0 aliphatic heterocycles. The molecule has 0 aromatic heterocycles. The second-order valence-electron chi connectivity index (χ2n) is 9.01. The minimum atomic E-state index is -3.52. The van der Waals surface area contributed by atoms with Crippen LogP contribution in [0.15, 0.2) is 115 Å². The summed E-state index contributed by atoms with van der Waals surface area (Å²) in [5, 5.41) is 11.2. The van der Waals surface area contributed by atoms with Crippen molar-refractivity contribution >= 4 is 15.7 Å². The number of hydrogen-bond acceptors (Lipinski definition) is 4. The molecule has 36 heavy (non-hydrogen) atoms. The third kappa shape index (κ3) is 7.28. The van der Waals surface area contributed by atoms with Gasteiger partial charge in [-0.1, -0.05) is 103 Å². The van der Waals surface area contributed by atoms with E-state index in [2.05, 4.69) is 29.2 Å². The number of hydrogen-bond donors (Lipinski definition) is 1. The summed E-state index contributed by atoms with van der Waals surface area (Å²) in [6, 6.07) is 37.1. The van der Waals surface area contributed by atoms with Crippen molar-refractivity contribution in [3.8, 4) is 0 Å². The molecular formula is C30H32N2O3S. The number of aliphatic hydroxyl groups is 1. The van der Waals surface area contributed by atoms with E-state index < -0.39 is 16.1 Å². The van der Waals surface area contributed by atoms with E-state index in [0.717, 1.165) is 5.56 Å². The highest BCUT2D eigenvalue weighted by atomic mass is 32.2. The summed E-state index contributed by atoms with van der Waals surface area (Å²) in [5.74, 6) is 0. The molecule has 0 spiro atoms. The lowest BCUT2D eigenvalue weighted by atomic mass is 10.1. The maximum atomic E-state index is 12.7. The largest absolute Gasteiger partial charge is 0.387 e. The van der Waals surface area contributed by atoms with Crippen LogP contribution in [0.5, 0.6) is 0 Å². The average molecular weight is 501 g/mol. The Balaban J connectivity index is 1.56. The number of nitrogens with zero attached hydrogens (tertiary/aromatic N) is 2. The van der Waals surface area contributed by atoms with Gasteiger partial charge in [-0.05, 0) is 34.4 Å². The minimum absolute atomic E-state index is 0.230. The predicted molar refractivity (Wildman–Crippen MR) is 146 cm³/mol. The molecule has 4 aromatic carbocycles. The summed E-state index contributed by atoms with van der Waals surface area (Å²) in [5.41, 5.74) is 4.45. The minimum Gasteiger partial charge on any atom is -0.387 e. The quantitative estimate of drug-likeness (QED) is 0.300. The molecule has 0 aliphatic rings. The standard InChI is InChI=1S/C30H32N2O3S/c1-36(34,35)32(23-27-16-9-4-10-17-27)29-19-11-18-28(20-29)30(33)24-31(21-25-12-5-2-6-13-25)22-26-14-7-3-8-15-26/h2-20,30,33H,21-24H2,1H3. The highest BCUT2D eigenvalue weighted by Crippen LogP contribution is 2.26. The van der Waals surface area contributed by atoms with Crippen LogP contribution in [-0.4, -0.2) is 31.2 Å². The van der Waals surface area contributed by atoms with Gasteiger partial charge in [0, 0.05) is 19.6 Å². The van der Waals surface area contributed by atoms with Gasteiger partial charge in [-0.3, -0.25) is 9.21 Å². The zero-order valence-corrected chi connectivity index (χ0v) is 21.3. The van der Waals surface area contributed by atoms with Gasteiger partial charge in [0.2, 0.25) is 10.0 Å². The third-order valence-electron chi connectivity index (χ3n) is 6.04. The molecule has 0 radical (unpaired) electrons. The zero-order chi connectivity index (χ0) is 25.4. The van der Waals surface area contributed by atoms with E-state index >= 15 is 0 Å². The third-order valence-corrected chi connectivity index (χ3v) is 7.18. The lowest BCUT2D eigenvalue weighted by molar-refractivity contribution is 0.105. The van der Waals surface area contributed by atoms with E-state index in [9.17, 15) is 13.5 Å². The molecule has 1 N–H and O–H groups in total. The molecule has 0 aliphatic carbocycles. The first-order valence-corrected chi connectivity index (χ1v) is 13.8. The average Bonchev–Trinajstić information content (AvgIpc) is 2.88. The van der Waals surface area contributed by atoms with Crippen LogP contribution >= 0.6 is 0 Å². The van der Waals surface area contributed by atoms with Crippen molar-refractivity contribution in [1.82, 2.24) is 4.90 Å². The van der Waals surface area contributed by atoms with Crippen molar-refractivity contribution in [1.29, 1.82) is 0 Å². The first kappa shape index (κ1) is 25.6. The molecule has 0 fully saturated rings. The van der Waals surface area contributed by atoms with E-state index in [1.165, 1.54) is 21.7 Å². The van der Waals surface area contributed by atoms with Crippen molar-refractivity contribution in [2.45, 2.75) is 25.7 Å². The number of aliphatic hydroxyl groups excluding tert-OH is 1. The Morgan fingerprint density at radius 2 is 1.14 bits per heavy atom. The molecule has 1 atom stereocenters. The Kier molecular flexibility index (Phi) is 8.54. The predicted octanol–water partition coefficient (Wildman–Crippen LogP) is 5.39. The number of anilines is 1. The van der Waals surface area contributed by atoms with Gasteiger partial charge in [0.15, 0.2) is 0 Å². The lowest BCUT2D eigenvalue weighted by Crippen LogP contribution is -2.30. The highest BCUT2D eigenvalue weighted by Gasteiger charge is 2.20. The molecular weight excluding hydrogens is 468 g/mol. The molecule has 0 saturated heterocycles. The normalized spacial score (nSPS) is 12.4. The molecule has 4 rings (SSSR count). The van der Waals surface area contributed by atoms with Crippen LogP contribution in [0, 0.1) is 0 Å². The smallest absolute Gasteiger partial charge is 0.232 e. The maximum absolute atomic E-state index is 12.7. The van der Waals surface area contributed by atoms with E-state index in [1.807, 2.05) is 72.8 Å². The van der Waals surface area contributed by atoms with Gasteiger partial charge < -0.3 is 5.11 Å². The molecule has 4 aromatic rings. The first-order valence-electron chi connectivity index (χ1n) is 12.0. The van der Waals surface area contributed by atoms with Gasteiger partial charge in [-0.25, -0.2) is 8.42 Å². The monoisotopic (exact) mass is 500 g/mol. The molecule has 0 amide bonds. The highest BCUT2D eigenvalue weighted by molar-refractivity contribution is 7.92. The van der Waals surface area contributed by atoms with Crippen LogP contribution in [0.25, 0.3) is 0 Å². The number of sulfonamides is 1. The van der Waals surface area contributed by atoms with Gasteiger partial charge in [-0.15, -0.1) is 0 Å². The summed E-state index contributed by atoms with van der Waals surface area (Å²) in [6.45, 7) is 2.02. The van der Waals surface area contributed by atoms with Crippen molar-refractivity contribution < 1.29 is 13.5 Å². The summed E-state index contributed by atoms with van der Waals surface area (Å²) < 4.78 is 26.7. The van der Waals surface area contributed by atoms with Crippen LogP contribution in [0.2, 0.25) is 0 Å². The molecule has 6 heteroatoms. The van der Waals surface area contributed by atoms with Crippen molar-refractivity contribution in [3.05, 3.63) is 138 Å². The Morgan fingerprint density at radius 1 is 0.667 bits per heavy atom. The number of benzene rings is 4. The number of rotatable bonds is 11. The fourth-order valence-corrected chi connectivity index (χ4v) is 5.13. The Bertz CT molecular complexity index is 1290. The van der Waals surface area contributed by atoms with Crippen molar-refractivity contribution in [2.75, 3.05) is 17.1 Å². The molecule has 0 bridgehead atoms. The van der Waals surface area contributed by atoms with Crippen LogP contribution in [-0.2, 0) is 29.7 Å². The summed E-state index contributed by atoms with van der Waals surface area (Å²) >= 11 is 0. The Morgan fingerprint density at radius 3 is 1.61 bits per heavy atom. The summed E-state index contributed by atoms with van der Waals surface area (Å²) in [7, 11) is -3.52. The fraction of sp³-hybridized carbons (Fsp3) is 0.200. The zero-order valence-electron chi connectivity index (χ0n) is 20.4. The van der Waals surface area contributed by atoms with Crippen molar-refractivity contribution in [2.24, 2.45) is 0 Å². The van der Waals surface area contributed by atoms with Crippen LogP contribution in [0.3, 0.4) is 0 Å². The first-order chi connectivity index (χ1) is 17.4. The van der Waals surface area contributed by atoms with Gasteiger partial charge in [0.25, 0.3) is 0 Å². The van der Waals surface area contributed by atoms with Crippen LogP contribution in [0.4, 0.5) is 5.69 Å². The fourth-order valence-electron chi connectivity index (χ4n) is 4.25. The van der Waals surface area contributed by atoms with Crippen LogP contribution in [0.1, 0.15) is 28.4 Å². The van der Waals surface area contributed by atoms with Gasteiger partial charge in [0.1, 0.15) is 0 Å². The Hall–Kier alpha value is -3.45. The Labute approximate surface area is 214 Å². The maximum Gasteiger partial charge on any atom is 0.232 e. The molecule has 5 nitrogen and oxygen atoms in total. The van der Waals surface area contributed by atoms with Gasteiger partial charge >= 0.3 is 0 Å². The van der Waals surface area contributed by atoms with E-state index in [0.29, 0.717) is 30.9 Å². The topological polar surface area (TPSA) is 60.9 Å². The second-order valence-corrected chi connectivity index (χ2v) is 10.9. The van der Waals surface area contributed by atoms with E-state index in [-0.39, 0.29) is 6.54 Å². The molecule has 0 heterocycles.